The molecule has 5 rings (SSSR count). The highest BCUT2D eigenvalue weighted by molar-refractivity contribution is 7.17. The number of carbonyl (C=O) groups is 2. The molecular formula is C30H23F3N2O4S. The quantitative estimate of drug-likeness (QED) is 0.247. The van der Waals surface area contributed by atoms with E-state index in [4.69, 9.17) is 4.74 Å². The van der Waals surface area contributed by atoms with Gasteiger partial charge in [-0.15, -0.1) is 11.3 Å². The number of thiazole rings is 1. The van der Waals surface area contributed by atoms with E-state index < -0.39 is 35.2 Å². The number of ether oxygens (including phenoxy) is 1. The zero-order chi connectivity index (χ0) is 28.6. The molecule has 2 heterocycles. The van der Waals surface area contributed by atoms with Gasteiger partial charge in [-0.1, -0.05) is 54.6 Å². The summed E-state index contributed by atoms with van der Waals surface area (Å²) in [6, 6.07) is 19.4. The van der Waals surface area contributed by atoms with Crippen LogP contribution in [0, 0.1) is 6.92 Å². The Bertz CT molecular complexity index is 1610. The summed E-state index contributed by atoms with van der Waals surface area (Å²) >= 11 is 1.14. The van der Waals surface area contributed by atoms with Crippen molar-refractivity contribution >= 4 is 23.0 Å². The van der Waals surface area contributed by atoms with Crippen LogP contribution in [0.5, 0.6) is 5.75 Å². The number of aliphatic hydroxyl groups excluding tert-OH is 1. The Kier molecular flexibility index (Phi) is 7.20. The number of aromatic nitrogens is 1. The number of aryl methyl sites for hydroxylation is 1. The van der Waals surface area contributed by atoms with Crippen LogP contribution in [0.15, 0.2) is 90.2 Å². The van der Waals surface area contributed by atoms with E-state index in [1.165, 1.54) is 24.1 Å². The lowest BCUT2D eigenvalue weighted by Crippen LogP contribution is -2.30. The number of methoxy groups -OCH3 is 1. The van der Waals surface area contributed by atoms with Crippen molar-refractivity contribution in [1.29, 1.82) is 0 Å². The number of halogens is 3. The minimum Gasteiger partial charge on any atom is -0.503 e. The Morgan fingerprint density at radius 3 is 2.40 bits per heavy atom. The predicted molar refractivity (Wildman–Crippen MR) is 144 cm³/mol. The van der Waals surface area contributed by atoms with Gasteiger partial charge in [0, 0.05) is 12.1 Å². The molecule has 1 N–H and O–H groups in total. The zero-order valence-electron chi connectivity index (χ0n) is 21.4. The van der Waals surface area contributed by atoms with Crippen LogP contribution in [0.1, 0.15) is 38.1 Å². The molecule has 40 heavy (non-hydrogen) atoms. The van der Waals surface area contributed by atoms with Gasteiger partial charge in [-0.3, -0.25) is 9.59 Å². The van der Waals surface area contributed by atoms with Crippen LogP contribution < -0.4 is 4.74 Å². The maximum absolute atomic E-state index is 14.0. The van der Waals surface area contributed by atoms with Crippen LogP contribution in [-0.2, 0) is 17.5 Å². The molecule has 10 heteroatoms. The molecule has 0 aliphatic carbocycles. The second kappa shape index (κ2) is 10.6. The zero-order valence-corrected chi connectivity index (χ0v) is 22.2. The molecule has 1 aliphatic rings. The first-order chi connectivity index (χ1) is 19.1. The largest absolute Gasteiger partial charge is 0.503 e. The van der Waals surface area contributed by atoms with Gasteiger partial charge in [0.2, 0.25) is 5.78 Å². The van der Waals surface area contributed by atoms with E-state index in [9.17, 15) is 27.9 Å². The molecule has 1 unspecified atom stereocenters. The van der Waals surface area contributed by atoms with Crippen LogP contribution >= 0.6 is 11.3 Å². The summed E-state index contributed by atoms with van der Waals surface area (Å²) < 4.78 is 45.3. The van der Waals surface area contributed by atoms with E-state index in [2.05, 4.69) is 4.98 Å². The third kappa shape index (κ3) is 5.10. The number of Topliss-reactive ketones (excluding diaryl/α,β-unsaturated/α-hetero) is 1. The molecule has 1 aromatic heterocycles. The van der Waals surface area contributed by atoms with Gasteiger partial charge < -0.3 is 14.7 Å². The van der Waals surface area contributed by atoms with Crippen LogP contribution in [0.3, 0.4) is 0 Å². The smallest absolute Gasteiger partial charge is 0.416 e. The fourth-order valence-electron chi connectivity index (χ4n) is 4.66. The first-order valence-electron chi connectivity index (χ1n) is 12.2. The van der Waals surface area contributed by atoms with Gasteiger partial charge in [0.05, 0.1) is 34.9 Å². The van der Waals surface area contributed by atoms with Crippen LogP contribution in [0.2, 0.25) is 0 Å². The summed E-state index contributed by atoms with van der Waals surface area (Å²) in [4.78, 5) is 33.3. The van der Waals surface area contributed by atoms with E-state index in [-0.39, 0.29) is 22.6 Å². The average molecular weight is 565 g/mol. The lowest BCUT2D eigenvalue weighted by molar-refractivity contribution is -0.137. The lowest BCUT2D eigenvalue weighted by atomic mass is 9.94. The van der Waals surface area contributed by atoms with Gasteiger partial charge in [0.15, 0.2) is 5.76 Å². The normalized spacial score (nSPS) is 15.6. The summed E-state index contributed by atoms with van der Waals surface area (Å²) in [6.45, 7) is 1.41. The van der Waals surface area contributed by atoms with Crippen molar-refractivity contribution in [2.24, 2.45) is 0 Å². The molecule has 204 valence electrons. The van der Waals surface area contributed by atoms with E-state index in [0.717, 1.165) is 29.0 Å². The number of rotatable bonds is 7. The molecule has 4 aromatic rings. The number of hydrogen-bond donors (Lipinski definition) is 1. The predicted octanol–water partition coefficient (Wildman–Crippen LogP) is 6.92. The summed E-state index contributed by atoms with van der Waals surface area (Å²) in [6.07, 6.45) is -4.57. The Morgan fingerprint density at radius 2 is 1.75 bits per heavy atom. The summed E-state index contributed by atoms with van der Waals surface area (Å²) in [7, 11) is 1.49. The standard InChI is InChI=1S/C30H23F3N2O4S/c1-17-27(40-28(34-17)20-8-4-3-5-9-20)25(36)23-24(19-11-13-22(39-2)14-12-19)35(29(38)26(23)37)16-18-7-6-10-21(15-18)30(31,32)33/h3-15,24,37H,16H2,1-2H3. The number of aliphatic hydroxyl groups is 1. The number of alkyl halides is 3. The van der Waals surface area contributed by atoms with Crippen molar-refractivity contribution < 1.29 is 32.6 Å². The highest BCUT2D eigenvalue weighted by Crippen LogP contribution is 2.42. The molecule has 0 spiro atoms. The number of carbonyl (C=O) groups excluding carboxylic acids is 2. The second-order valence-corrected chi connectivity index (χ2v) is 10.2. The van der Waals surface area contributed by atoms with Crippen molar-refractivity contribution in [3.05, 3.63) is 117 Å². The third-order valence-electron chi connectivity index (χ3n) is 6.61. The van der Waals surface area contributed by atoms with E-state index >= 15 is 0 Å². The van der Waals surface area contributed by atoms with Crippen molar-refractivity contribution in [3.63, 3.8) is 0 Å². The number of amides is 1. The SMILES string of the molecule is COc1ccc(C2C(C(=O)c3sc(-c4ccccc4)nc3C)=C(O)C(=O)N2Cc2cccc(C(F)(F)F)c2)cc1. The molecule has 6 nitrogen and oxygen atoms in total. The van der Waals surface area contributed by atoms with Crippen molar-refractivity contribution in [1.82, 2.24) is 9.88 Å². The number of nitrogens with zero attached hydrogens (tertiary/aromatic N) is 2. The monoisotopic (exact) mass is 564 g/mol. The maximum atomic E-state index is 14.0. The molecule has 0 saturated carbocycles. The fourth-order valence-corrected chi connectivity index (χ4v) is 5.68. The highest BCUT2D eigenvalue weighted by Gasteiger charge is 2.44. The summed E-state index contributed by atoms with van der Waals surface area (Å²) in [5.74, 6) is -1.64. The second-order valence-electron chi connectivity index (χ2n) is 9.20. The Balaban J connectivity index is 1.57. The molecule has 0 fully saturated rings. The molecule has 0 saturated heterocycles. The minimum atomic E-state index is -4.57. The topological polar surface area (TPSA) is 79.7 Å². The maximum Gasteiger partial charge on any atom is 0.416 e. The average Bonchev–Trinajstić information content (AvgIpc) is 3.46. The molecule has 3 aromatic carbocycles. The van der Waals surface area contributed by atoms with Crippen molar-refractivity contribution in [3.8, 4) is 16.3 Å². The van der Waals surface area contributed by atoms with Crippen LogP contribution in [0.4, 0.5) is 13.2 Å². The van der Waals surface area contributed by atoms with Gasteiger partial charge >= 0.3 is 6.18 Å². The molecule has 0 radical (unpaired) electrons. The molecule has 1 atom stereocenters. The van der Waals surface area contributed by atoms with E-state index in [1.807, 2.05) is 30.3 Å². The lowest BCUT2D eigenvalue weighted by Gasteiger charge is -2.27. The third-order valence-corrected chi connectivity index (χ3v) is 7.82. The Labute approximate surface area is 232 Å². The molecule has 0 bridgehead atoms. The van der Waals surface area contributed by atoms with E-state index in [0.29, 0.717) is 22.0 Å². The molecular weight excluding hydrogens is 541 g/mol. The highest BCUT2D eigenvalue weighted by atomic mass is 32.1. The van der Waals surface area contributed by atoms with Gasteiger partial charge in [0.1, 0.15) is 10.8 Å². The fraction of sp³-hybridized carbons (Fsp3) is 0.167. The summed E-state index contributed by atoms with van der Waals surface area (Å²) in [5, 5.41) is 11.6. The first-order valence-corrected chi connectivity index (χ1v) is 13.0. The number of ketones is 1. The van der Waals surface area contributed by atoms with Gasteiger partial charge in [0.25, 0.3) is 5.91 Å². The van der Waals surface area contributed by atoms with Crippen molar-refractivity contribution in [2.45, 2.75) is 25.7 Å². The number of benzene rings is 3. The Morgan fingerprint density at radius 1 is 1.05 bits per heavy atom. The van der Waals surface area contributed by atoms with E-state index in [1.54, 1.807) is 31.2 Å². The van der Waals surface area contributed by atoms with Gasteiger partial charge in [-0.2, -0.15) is 13.2 Å². The number of hydrogen-bond acceptors (Lipinski definition) is 6. The molecule has 1 aliphatic heterocycles. The van der Waals surface area contributed by atoms with Crippen LogP contribution in [-0.4, -0.2) is 33.8 Å². The minimum absolute atomic E-state index is 0.159. The molecule has 1 amide bonds. The van der Waals surface area contributed by atoms with Gasteiger partial charge in [-0.25, -0.2) is 4.98 Å². The van der Waals surface area contributed by atoms with Crippen molar-refractivity contribution in [2.75, 3.05) is 7.11 Å². The summed E-state index contributed by atoms with van der Waals surface area (Å²) in [5.41, 5.74) is 0.912. The Hall–Kier alpha value is -4.44. The first kappa shape index (κ1) is 27.1. The van der Waals surface area contributed by atoms with Gasteiger partial charge in [-0.05, 0) is 42.3 Å². The van der Waals surface area contributed by atoms with Crippen LogP contribution in [0.25, 0.3) is 10.6 Å².